The minimum Gasteiger partial charge on any atom is -0.493 e. The highest BCUT2D eigenvalue weighted by Gasteiger charge is 2.44. The third-order valence-electron chi connectivity index (χ3n) is 4.21. The number of nitrogens with one attached hydrogen (secondary N) is 1. The summed E-state index contributed by atoms with van der Waals surface area (Å²) in [6.07, 6.45) is 2.40. The second-order valence-corrected chi connectivity index (χ2v) is 6.00. The van der Waals surface area contributed by atoms with Crippen LogP contribution in [-0.4, -0.2) is 31.3 Å². The first-order valence-corrected chi connectivity index (χ1v) is 8.11. The largest absolute Gasteiger partial charge is 0.493 e. The van der Waals surface area contributed by atoms with Gasteiger partial charge in [-0.2, -0.15) is 5.10 Å². The number of hydrogen-bond acceptors (Lipinski definition) is 5. The smallest absolute Gasteiger partial charge is 0.243 e. The van der Waals surface area contributed by atoms with Crippen molar-refractivity contribution in [1.29, 1.82) is 0 Å². The van der Waals surface area contributed by atoms with Crippen molar-refractivity contribution in [3.8, 4) is 11.5 Å². The number of methoxy groups -OCH3 is 2. The lowest BCUT2D eigenvalue weighted by molar-refractivity contribution is -0.122. The summed E-state index contributed by atoms with van der Waals surface area (Å²) in [4.78, 5) is 16.7. The summed E-state index contributed by atoms with van der Waals surface area (Å²) in [6.45, 7) is 1.95. The molecular formula is C19H21N3O3. The summed E-state index contributed by atoms with van der Waals surface area (Å²) in [5.41, 5.74) is 5.36. The number of hydrogen-bond donors (Lipinski definition) is 1. The molecule has 1 saturated carbocycles. The fourth-order valence-electron chi connectivity index (χ4n) is 2.77. The summed E-state index contributed by atoms with van der Waals surface area (Å²) in [5.74, 6) is 1.32. The predicted octanol–water partition coefficient (Wildman–Crippen LogP) is 2.66. The van der Waals surface area contributed by atoms with E-state index in [2.05, 4.69) is 15.5 Å². The lowest BCUT2D eigenvalue weighted by atomic mass is 10.2. The van der Waals surface area contributed by atoms with Crippen LogP contribution < -0.4 is 14.9 Å². The van der Waals surface area contributed by atoms with Crippen molar-refractivity contribution in [2.75, 3.05) is 14.2 Å². The molecule has 0 bridgehead atoms. The van der Waals surface area contributed by atoms with Crippen LogP contribution in [0.5, 0.6) is 11.5 Å². The molecule has 2 atom stereocenters. The number of aryl methyl sites for hydroxylation is 1. The lowest BCUT2D eigenvalue weighted by Gasteiger charge is -2.07. The van der Waals surface area contributed by atoms with E-state index < -0.39 is 0 Å². The Morgan fingerprint density at radius 1 is 1.24 bits per heavy atom. The third-order valence-corrected chi connectivity index (χ3v) is 4.21. The summed E-state index contributed by atoms with van der Waals surface area (Å²) in [7, 11) is 3.16. The Kier molecular flexibility index (Phi) is 4.97. The molecule has 25 heavy (non-hydrogen) atoms. The van der Waals surface area contributed by atoms with Crippen LogP contribution in [0.25, 0.3) is 0 Å². The molecule has 3 rings (SSSR count). The summed E-state index contributed by atoms with van der Waals surface area (Å²) < 4.78 is 10.4. The highest BCUT2D eigenvalue weighted by molar-refractivity contribution is 5.85. The highest BCUT2D eigenvalue weighted by atomic mass is 16.5. The Balaban J connectivity index is 1.57. The molecule has 6 nitrogen and oxygen atoms in total. The first kappa shape index (κ1) is 17.0. The van der Waals surface area contributed by atoms with Gasteiger partial charge in [-0.25, -0.2) is 5.43 Å². The van der Waals surface area contributed by atoms with Gasteiger partial charge in [0.15, 0.2) is 11.5 Å². The number of ether oxygens (including phenoxy) is 2. The number of aromatic nitrogens is 1. The van der Waals surface area contributed by atoms with Gasteiger partial charge in [0.2, 0.25) is 5.91 Å². The number of pyridine rings is 1. The number of rotatable bonds is 6. The molecule has 2 aromatic rings. The zero-order chi connectivity index (χ0) is 17.8. The van der Waals surface area contributed by atoms with Gasteiger partial charge in [0.1, 0.15) is 0 Å². The maximum absolute atomic E-state index is 12.2. The van der Waals surface area contributed by atoms with Crippen molar-refractivity contribution < 1.29 is 14.3 Å². The summed E-state index contributed by atoms with van der Waals surface area (Å²) >= 11 is 0. The van der Waals surface area contributed by atoms with Crippen LogP contribution in [0.4, 0.5) is 0 Å². The molecular weight excluding hydrogens is 318 g/mol. The molecule has 1 amide bonds. The lowest BCUT2D eigenvalue weighted by Crippen LogP contribution is -2.20. The van der Waals surface area contributed by atoms with Gasteiger partial charge in [-0.3, -0.25) is 9.78 Å². The maximum Gasteiger partial charge on any atom is 0.243 e. The van der Waals surface area contributed by atoms with Crippen LogP contribution in [0.2, 0.25) is 0 Å². The van der Waals surface area contributed by atoms with E-state index in [0.29, 0.717) is 11.5 Å². The zero-order valence-electron chi connectivity index (χ0n) is 14.5. The second-order valence-electron chi connectivity index (χ2n) is 6.00. The average molecular weight is 339 g/mol. The van der Waals surface area contributed by atoms with Gasteiger partial charge < -0.3 is 9.47 Å². The van der Waals surface area contributed by atoms with E-state index in [1.807, 2.05) is 31.2 Å². The first-order chi connectivity index (χ1) is 12.1. The van der Waals surface area contributed by atoms with Gasteiger partial charge in [-0.15, -0.1) is 0 Å². The van der Waals surface area contributed by atoms with Crippen LogP contribution in [0.3, 0.4) is 0 Å². The van der Waals surface area contributed by atoms with Crippen molar-refractivity contribution in [3.05, 3.63) is 53.3 Å². The number of carbonyl (C=O) groups excluding carboxylic acids is 1. The van der Waals surface area contributed by atoms with E-state index >= 15 is 0 Å². The van der Waals surface area contributed by atoms with E-state index in [4.69, 9.17) is 9.47 Å². The molecule has 0 aliphatic heterocycles. The molecule has 1 aliphatic carbocycles. The Labute approximate surface area is 146 Å². The number of carbonyl (C=O) groups is 1. The van der Waals surface area contributed by atoms with Crippen molar-refractivity contribution in [1.82, 2.24) is 10.4 Å². The van der Waals surface area contributed by atoms with E-state index in [-0.39, 0.29) is 17.7 Å². The zero-order valence-corrected chi connectivity index (χ0v) is 14.5. The molecule has 0 saturated heterocycles. The van der Waals surface area contributed by atoms with Gasteiger partial charge in [0.25, 0.3) is 0 Å². The van der Waals surface area contributed by atoms with Gasteiger partial charge in [0.05, 0.1) is 20.4 Å². The molecule has 1 aromatic carbocycles. The van der Waals surface area contributed by atoms with Crippen molar-refractivity contribution >= 4 is 12.1 Å². The number of benzene rings is 1. The molecule has 2 unspecified atom stereocenters. The van der Waals surface area contributed by atoms with Gasteiger partial charge in [-0.05, 0) is 49.2 Å². The SMILES string of the molecule is COc1ccc(/C=N\NC(=O)C2CC2c2cccc(C)n2)cc1OC. The fourth-order valence-corrected chi connectivity index (χ4v) is 2.77. The van der Waals surface area contributed by atoms with E-state index in [9.17, 15) is 4.79 Å². The van der Waals surface area contributed by atoms with Crippen LogP contribution in [0, 0.1) is 12.8 Å². The average Bonchev–Trinajstić information content (AvgIpc) is 3.42. The molecule has 1 heterocycles. The van der Waals surface area contributed by atoms with Crippen LogP contribution in [-0.2, 0) is 4.79 Å². The molecule has 1 aliphatic rings. The third kappa shape index (κ3) is 3.96. The molecule has 6 heteroatoms. The normalized spacial score (nSPS) is 18.8. The van der Waals surface area contributed by atoms with Gasteiger partial charge >= 0.3 is 0 Å². The highest BCUT2D eigenvalue weighted by Crippen LogP contribution is 2.46. The van der Waals surface area contributed by atoms with E-state index in [0.717, 1.165) is 23.4 Å². The fraction of sp³-hybridized carbons (Fsp3) is 0.316. The molecule has 0 radical (unpaired) electrons. The van der Waals surface area contributed by atoms with Crippen LogP contribution in [0.1, 0.15) is 29.3 Å². The topological polar surface area (TPSA) is 72.8 Å². The van der Waals surface area contributed by atoms with Crippen molar-refractivity contribution in [2.24, 2.45) is 11.0 Å². The van der Waals surface area contributed by atoms with Crippen molar-refractivity contribution in [2.45, 2.75) is 19.3 Å². The second kappa shape index (κ2) is 7.34. The maximum atomic E-state index is 12.2. The standard InChI is InChI=1S/C19H21N3O3/c1-12-5-4-6-16(21-12)14-10-15(14)19(23)22-20-11-13-7-8-17(24-2)18(9-13)25-3/h4-9,11,14-15H,10H2,1-3H3,(H,22,23)/b20-11-. The summed E-state index contributed by atoms with van der Waals surface area (Å²) in [6, 6.07) is 11.3. The minimum absolute atomic E-state index is 0.0585. The Bertz CT molecular complexity index is 804. The monoisotopic (exact) mass is 339 g/mol. The molecule has 0 spiro atoms. The predicted molar refractivity (Wildman–Crippen MR) is 95.1 cm³/mol. The number of amides is 1. The van der Waals surface area contributed by atoms with Gasteiger partial charge in [0, 0.05) is 23.2 Å². The van der Waals surface area contributed by atoms with E-state index in [1.165, 1.54) is 0 Å². The van der Waals surface area contributed by atoms with E-state index in [1.54, 1.807) is 32.6 Å². The van der Waals surface area contributed by atoms with Crippen molar-refractivity contribution in [3.63, 3.8) is 0 Å². The Hall–Kier alpha value is -2.89. The molecule has 1 fully saturated rings. The number of hydrazone groups is 1. The Morgan fingerprint density at radius 3 is 2.76 bits per heavy atom. The Morgan fingerprint density at radius 2 is 2.04 bits per heavy atom. The minimum atomic E-state index is -0.0787. The van der Waals surface area contributed by atoms with Crippen LogP contribution in [0.15, 0.2) is 41.5 Å². The molecule has 1 aromatic heterocycles. The summed E-state index contributed by atoms with van der Waals surface area (Å²) in [5, 5.41) is 4.04. The van der Waals surface area contributed by atoms with Gasteiger partial charge in [-0.1, -0.05) is 6.07 Å². The molecule has 1 N–H and O–H groups in total. The van der Waals surface area contributed by atoms with Crippen LogP contribution >= 0.6 is 0 Å². The number of nitrogens with zero attached hydrogens (tertiary/aromatic N) is 2. The molecule has 130 valence electrons. The quantitative estimate of drug-likeness (QED) is 0.649. The first-order valence-electron chi connectivity index (χ1n) is 8.11.